The molecule has 1 aliphatic carbocycles. The van der Waals surface area contributed by atoms with Crippen molar-refractivity contribution in [3.8, 4) is 5.69 Å². The van der Waals surface area contributed by atoms with Crippen LogP contribution in [0.5, 0.6) is 0 Å². The molecule has 3 heterocycles. The molecule has 0 bridgehead atoms. The van der Waals surface area contributed by atoms with Crippen molar-refractivity contribution in [1.82, 2.24) is 25.5 Å². The minimum Gasteiger partial charge on any atom is -0.308 e. The van der Waals surface area contributed by atoms with Crippen molar-refractivity contribution >= 4 is 40.8 Å². The van der Waals surface area contributed by atoms with Gasteiger partial charge < -0.3 is 5.32 Å². The molecular formula is C27H26Cl2FN5O. The number of nitrogens with zero attached hydrogens (tertiary/aromatic N) is 3. The first-order valence-corrected chi connectivity index (χ1v) is 13.0. The van der Waals surface area contributed by atoms with E-state index >= 15 is 0 Å². The topological polar surface area (TPSA) is 62.2 Å². The van der Waals surface area contributed by atoms with Gasteiger partial charge in [0.1, 0.15) is 5.82 Å². The number of amides is 1. The van der Waals surface area contributed by atoms with Gasteiger partial charge >= 0.3 is 0 Å². The van der Waals surface area contributed by atoms with Crippen molar-refractivity contribution in [2.75, 3.05) is 19.6 Å². The molecule has 2 aromatic carbocycles. The van der Waals surface area contributed by atoms with E-state index in [9.17, 15) is 9.18 Å². The van der Waals surface area contributed by atoms with Crippen molar-refractivity contribution in [1.29, 1.82) is 0 Å². The first-order valence-electron chi connectivity index (χ1n) is 12.3. The molecule has 2 fully saturated rings. The van der Waals surface area contributed by atoms with Crippen LogP contribution in [0.2, 0.25) is 10.0 Å². The molecule has 3 aromatic rings. The summed E-state index contributed by atoms with van der Waals surface area (Å²) < 4.78 is 15.2. The molecular weight excluding hydrogens is 500 g/mol. The van der Waals surface area contributed by atoms with E-state index in [1.54, 1.807) is 35.0 Å². The van der Waals surface area contributed by atoms with Gasteiger partial charge in [-0.3, -0.25) is 10.2 Å². The van der Waals surface area contributed by atoms with E-state index in [0.717, 1.165) is 35.5 Å². The van der Waals surface area contributed by atoms with Crippen LogP contribution in [0.3, 0.4) is 0 Å². The second-order valence-electron chi connectivity index (χ2n) is 9.80. The molecule has 2 unspecified atom stereocenters. The summed E-state index contributed by atoms with van der Waals surface area (Å²) >= 11 is 12.7. The van der Waals surface area contributed by atoms with Gasteiger partial charge in [-0.05, 0) is 72.2 Å². The lowest BCUT2D eigenvalue weighted by Crippen LogP contribution is -2.41. The Labute approximate surface area is 219 Å². The third kappa shape index (κ3) is 4.45. The summed E-state index contributed by atoms with van der Waals surface area (Å²) in [5, 5.41) is 11.2. The molecule has 6 rings (SSSR count). The minimum absolute atomic E-state index is 0.222. The van der Waals surface area contributed by atoms with E-state index < -0.39 is 0 Å². The number of aromatic nitrogens is 2. The zero-order valence-electron chi connectivity index (χ0n) is 19.6. The van der Waals surface area contributed by atoms with Gasteiger partial charge in [-0.25, -0.2) is 14.1 Å². The number of nitrogens with one attached hydrogen (secondary N) is 2. The summed E-state index contributed by atoms with van der Waals surface area (Å²) in [6.45, 7) is 2.83. The maximum Gasteiger partial charge on any atom is 0.286 e. The van der Waals surface area contributed by atoms with Crippen LogP contribution in [0.1, 0.15) is 46.6 Å². The van der Waals surface area contributed by atoms with Gasteiger partial charge in [0.25, 0.3) is 5.91 Å². The fraction of sp³-hybridized carbons (Fsp3) is 0.333. The highest BCUT2D eigenvalue weighted by Crippen LogP contribution is 2.37. The predicted octanol–water partition coefficient (Wildman–Crippen LogP) is 5.34. The number of hydrogen-bond donors (Lipinski definition) is 2. The third-order valence-electron chi connectivity index (χ3n) is 7.45. The number of rotatable bonds is 4. The zero-order chi connectivity index (χ0) is 24.8. The summed E-state index contributed by atoms with van der Waals surface area (Å²) in [5.41, 5.74) is 7.51. The van der Waals surface area contributed by atoms with Crippen molar-refractivity contribution in [2.45, 2.75) is 25.8 Å². The van der Waals surface area contributed by atoms with Crippen LogP contribution >= 0.6 is 23.2 Å². The van der Waals surface area contributed by atoms with Crippen LogP contribution in [0, 0.1) is 17.7 Å². The maximum atomic E-state index is 13.5. The Morgan fingerprint density at radius 2 is 1.83 bits per heavy atom. The molecule has 36 heavy (non-hydrogen) atoms. The second kappa shape index (κ2) is 9.63. The van der Waals surface area contributed by atoms with Gasteiger partial charge in [0.15, 0.2) is 5.69 Å². The molecule has 9 heteroatoms. The molecule has 2 N–H and O–H groups in total. The summed E-state index contributed by atoms with van der Waals surface area (Å²) in [6, 6.07) is 11.5. The van der Waals surface area contributed by atoms with Crippen LogP contribution < -0.4 is 10.7 Å². The molecule has 1 aromatic heterocycles. The van der Waals surface area contributed by atoms with Crippen molar-refractivity contribution in [2.24, 2.45) is 11.8 Å². The zero-order valence-corrected chi connectivity index (χ0v) is 21.1. The molecule has 3 aliphatic rings. The molecule has 6 nitrogen and oxygen atoms in total. The second-order valence-corrected chi connectivity index (χ2v) is 10.6. The van der Waals surface area contributed by atoms with Crippen LogP contribution in [-0.2, 0) is 6.54 Å². The SMILES string of the molecule is O=C(NN1CC2CCCC2C1)c1nn(-c2ccc(Cl)cc2Cl)c2c1CNC/C2=C\c1ccc(F)cc1. The van der Waals surface area contributed by atoms with Gasteiger partial charge in [0, 0.05) is 36.8 Å². The lowest BCUT2D eigenvalue weighted by molar-refractivity contribution is 0.0807. The first kappa shape index (κ1) is 23.7. The largest absolute Gasteiger partial charge is 0.308 e. The Morgan fingerprint density at radius 1 is 1.08 bits per heavy atom. The molecule has 1 saturated carbocycles. The Morgan fingerprint density at radius 3 is 2.56 bits per heavy atom. The standard InChI is InChI=1S/C27H26Cl2FN5O/c28-20-6-9-24(23(29)11-20)35-26-19(10-16-4-7-21(30)8-5-16)12-31-13-22(26)25(32-35)27(36)33-34-14-17-2-1-3-18(17)15-34/h4-11,17-18,31H,1-3,12-15H2,(H,33,36)/b19-10+. The lowest BCUT2D eigenvalue weighted by Gasteiger charge is -2.21. The molecule has 0 radical (unpaired) electrons. The fourth-order valence-corrected chi connectivity index (χ4v) is 6.25. The average Bonchev–Trinajstić information content (AvgIpc) is 3.55. The number of carbonyl (C=O) groups excluding carboxylic acids is 1. The Kier molecular flexibility index (Phi) is 6.33. The van der Waals surface area contributed by atoms with Crippen LogP contribution in [0.15, 0.2) is 42.5 Å². The normalized spacial score (nSPS) is 22.6. The first-order chi connectivity index (χ1) is 17.5. The molecule has 186 valence electrons. The molecule has 2 atom stereocenters. The highest BCUT2D eigenvalue weighted by atomic mass is 35.5. The number of benzene rings is 2. The summed E-state index contributed by atoms with van der Waals surface area (Å²) in [4.78, 5) is 13.5. The summed E-state index contributed by atoms with van der Waals surface area (Å²) in [5.74, 6) is 0.815. The summed E-state index contributed by atoms with van der Waals surface area (Å²) in [7, 11) is 0. The number of carbonyl (C=O) groups is 1. The van der Waals surface area contributed by atoms with Crippen molar-refractivity contribution in [3.63, 3.8) is 0 Å². The van der Waals surface area contributed by atoms with Crippen molar-refractivity contribution < 1.29 is 9.18 Å². The van der Waals surface area contributed by atoms with E-state index in [-0.39, 0.29) is 11.7 Å². The van der Waals surface area contributed by atoms with Crippen molar-refractivity contribution in [3.05, 3.63) is 80.8 Å². The molecule has 2 aliphatic heterocycles. The predicted molar refractivity (Wildman–Crippen MR) is 139 cm³/mol. The Balaban J connectivity index is 1.41. The fourth-order valence-electron chi connectivity index (χ4n) is 5.77. The van der Waals surface area contributed by atoms with E-state index in [0.29, 0.717) is 46.4 Å². The smallest absolute Gasteiger partial charge is 0.286 e. The van der Waals surface area contributed by atoms with Crippen LogP contribution in [-0.4, -0.2) is 40.3 Å². The third-order valence-corrected chi connectivity index (χ3v) is 7.99. The highest BCUT2D eigenvalue weighted by molar-refractivity contribution is 6.35. The maximum absolute atomic E-state index is 13.5. The highest BCUT2D eigenvalue weighted by Gasteiger charge is 2.37. The van der Waals surface area contributed by atoms with E-state index in [1.165, 1.54) is 31.4 Å². The van der Waals surface area contributed by atoms with E-state index in [4.69, 9.17) is 28.3 Å². The van der Waals surface area contributed by atoms with Gasteiger partial charge in [-0.2, -0.15) is 5.10 Å². The average molecular weight is 526 g/mol. The quantitative estimate of drug-likeness (QED) is 0.482. The number of hydrogen-bond acceptors (Lipinski definition) is 4. The number of hydrazine groups is 1. The number of halogens is 3. The molecule has 1 amide bonds. The summed E-state index contributed by atoms with van der Waals surface area (Å²) in [6.07, 6.45) is 5.73. The number of fused-ring (bicyclic) bond motifs is 2. The molecule has 0 spiro atoms. The minimum atomic E-state index is -0.289. The lowest BCUT2D eigenvalue weighted by atomic mass is 9.99. The van der Waals surface area contributed by atoms with Crippen LogP contribution in [0.4, 0.5) is 4.39 Å². The van der Waals surface area contributed by atoms with Gasteiger partial charge in [-0.1, -0.05) is 41.8 Å². The van der Waals surface area contributed by atoms with E-state index in [2.05, 4.69) is 10.7 Å². The Hall–Kier alpha value is -2.71. The molecule has 1 saturated heterocycles. The Bertz CT molecular complexity index is 1340. The monoisotopic (exact) mass is 525 g/mol. The van der Waals surface area contributed by atoms with Gasteiger partial charge in [0.05, 0.1) is 16.4 Å². The van der Waals surface area contributed by atoms with Crippen LogP contribution in [0.25, 0.3) is 17.3 Å². The van der Waals surface area contributed by atoms with E-state index in [1.807, 2.05) is 11.1 Å². The van der Waals surface area contributed by atoms with Gasteiger partial charge in [-0.15, -0.1) is 0 Å². The van der Waals surface area contributed by atoms with Gasteiger partial charge in [0.2, 0.25) is 0 Å².